The SMILES string of the molecule is CCC(NC(=O)CNC(=O)c1ccc(Br)o1)c1ncc[nH]1. The lowest BCUT2D eigenvalue weighted by molar-refractivity contribution is -0.121. The van der Waals surface area contributed by atoms with Crippen molar-refractivity contribution in [3.05, 3.63) is 40.8 Å². The smallest absolute Gasteiger partial charge is 0.287 e. The molecule has 2 heterocycles. The van der Waals surface area contributed by atoms with Crippen molar-refractivity contribution < 1.29 is 14.0 Å². The van der Waals surface area contributed by atoms with Gasteiger partial charge in [0.05, 0.1) is 12.6 Å². The van der Waals surface area contributed by atoms with Crippen LogP contribution in [0, 0.1) is 0 Å². The number of halogens is 1. The van der Waals surface area contributed by atoms with Gasteiger partial charge in [-0.05, 0) is 34.5 Å². The molecule has 0 saturated carbocycles. The Morgan fingerprint density at radius 2 is 2.29 bits per heavy atom. The van der Waals surface area contributed by atoms with Crippen molar-refractivity contribution in [1.82, 2.24) is 20.6 Å². The fraction of sp³-hybridized carbons (Fsp3) is 0.308. The minimum absolute atomic E-state index is 0.131. The summed E-state index contributed by atoms with van der Waals surface area (Å²) in [4.78, 5) is 30.6. The number of nitrogens with zero attached hydrogens (tertiary/aromatic N) is 1. The van der Waals surface area contributed by atoms with E-state index in [1.54, 1.807) is 18.5 Å². The van der Waals surface area contributed by atoms with Gasteiger partial charge in [0.25, 0.3) is 5.91 Å². The normalized spacial score (nSPS) is 11.9. The summed E-state index contributed by atoms with van der Waals surface area (Å²) in [5, 5.41) is 5.28. The van der Waals surface area contributed by atoms with E-state index in [1.165, 1.54) is 6.07 Å². The van der Waals surface area contributed by atoms with E-state index in [1.807, 2.05) is 6.92 Å². The maximum atomic E-state index is 11.8. The van der Waals surface area contributed by atoms with Crippen LogP contribution < -0.4 is 10.6 Å². The molecule has 1 unspecified atom stereocenters. The minimum atomic E-state index is -0.443. The number of furan rings is 1. The molecule has 7 nitrogen and oxygen atoms in total. The van der Waals surface area contributed by atoms with Crippen molar-refractivity contribution in [2.75, 3.05) is 6.54 Å². The van der Waals surface area contributed by atoms with Crippen molar-refractivity contribution in [3.8, 4) is 0 Å². The number of aromatic amines is 1. The quantitative estimate of drug-likeness (QED) is 0.735. The van der Waals surface area contributed by atoms with Crippen molar-refractivity contribution in [2.45, 2.75) is 19.4 Å². The highest BCUT2D eigenvalue weighted by atomic mass is 79.9. The van der Waals surface area contributed by atoms with Gasteiger partial charge in [0.1, 0.15) is 5.82 Å². The molecule has 2 amide bonds. The van der Waals surface area contributed by atoms with Gasteiger partial charge in [-0.15, -0.1) is 0 Å². The van der Waals surface area contributed by atoms with Crippen molar-refractivity contribution in [2.24, 2.45) is 0 Å². The van der Waals surface area contributed by atoms with E-state index in [-0.39, 0.29) is 24.3 Å². The lowest BCUT2D eigenvalue weighted by Gasteiger charge is -2.14. The Morgan fingerprint density at radius 3 is 2.86 bits per heavy atom. The second-order valence-corrected chi connectivity index (χ2v) is 5.07. The van der Waals surface area contributed by atoms with E-state index in [4.69, 9.17) is 4.42 Å². The Hall–Kier alpha value is -2.09. The van der Waals surface area contributed by atoms with Gasteiger partial charge in [0, 0.05) is 12.4 Å². The lowest BCUT2D eigenvalue weighted by atomic mass is 10.2. The van der Waals surface area contributed by atoms with Crippen LogP contribution in [0.5, 0.6) is 0 Å². The first-order valence-electron chi connectivity index (χ1n) is 6.42. The van der Waals surface area contributed by atoms with Crippen LogP contribution in [0.15, 0.2) is 33.6 Å². The molecule has 21 heavy (non-hydrogen) atoms. The fourth-order valence-corrected chi connectivity index (χ4v) is 2.07. The van der Waals surface area contributed by atoms with E-state index >= 15 is 0 Å². The third-order valence-electron chi connectivity index (χ3n) is 2.80. The molecule has 0 saturated heterocycles. The maximum Gasteiger partial charge on any atom is 0.287 e. The standard InChI is InChI=1S/C13H15BrN4O3/c1-2-8(12-15-5-6-16-12)18-11(19)7-17-13(20)9-3-4-10(14)21-9/h3-6,8H,2,7H2,1H3,(H,15,16)(H,17,20)(H,18,19). The average molecular weight is 355 g/mol. The summed E-state index contributed by atoms with van der Waals surface area (Å²) in [6, 6.07) is 2.93. The van der Waals surface area contributed by atoms with Gasteiger partial charge >= 0.3 is 0 Å². The molecule has 2 aromatic heterocycles. The minimum Gasteiger partial charge on any atom is -0.444 e. The Morgan fingerprint density at radius 1 is 1.48 bits per heavy atom. The molecule has 0 aliphatic heterocycles. The summed E-state index contributed by atoms with van der Waals surface area (Å²) < 4.78 is 5.56. The third kappa shape index (κ3) is 4.19. The molecule has 3 N–H and O–H groups in total. The Bertz CT molecular complexity index is 609. The van der Waals surface area contributed by atoms with E-state index in [0.29, 0.717) is 16.9 Å². The van der Waals surface area contributed by atoms with Crippen LogP contribution in [0.3, 0.4) is 0 Å². The average Bonchev–Trinajstić information content (AvgIpc) is 3.13. The number of H-pyrrole nitrogens is 1. The van der Waals surface area contributed by atoms with Crippen molar-refractivity contribution >= 4 is 27.7 Å². The van der Waals surface area contributed by atoms with Crippen LogP contribution in [0.1, 0.15) is 35.8 Å². The molecule has 0 aromatic carbocycles. The van der Waals surface area contributed by atoms with Gasteiger partial charge < -0.3 is 20.0 Å². The third-order valence-corrected chi connectivity index (χ3v) is 3.23. The van der Waals surface area contributed by atoms with E-state index in [2.05, 4.69) is 36.5 Å². The van der Waals surface area contributed by atoms with E-state index in [9.17, 15) is 9.59 Å². The Labute approximate surface area is 129 Å². The number of carbonyl (C=O) groups excluding carboxylic acids is 2. The largest absolute Gasteiger partial charge is 0.444 e. The van der Waals surface area contributed by atoms with Crippen LogP contribution in [-0.2, 0) is 4.79 Å². The molecular formula is C13H15BrN4O3. The zero-order valence-corrected chi connectivity index (χ0v) is 12.9. The molecule has 0 bridgehead atoms. The molecule has 0 spiro atoms. The summed E-state index contributed by atoms with van der Waals surface area (Å²) in [5.74, 6) is 0.0963. The number of nitrogens with one attached hydrogen (secondary N) is 3. The molecule has 2 rings (SSSR count). The molecule has 0 fully saturated rings. The molecule has 1 atom stereocenters. The first-order valence-corrected chi connectivity index (χ1v) is 7.21. The molecule has 0 aliphatic rings. The van der Waals surface area contributed by atoms with E-state index in [0.717, 1.165) is 0 Å². The topological polar surface area (TPSA) is 100 Å². The maximum absolute atomic E-state index is 11.8. The van der Waals surface area contributed by atoms with E-state index < -0.39 is 5.91 Å². The van der Waals surface area contributed by atoms with Crippen LogP contribution in [-0.4, -0.2) is 28.3 Å². The number of hydrogen-bond acceptors (Lipinski definition) is 4. The lowest BCUT2D eigenvalue weighted by Crippen LogP contribution is -2.38. The fourth-order valence-electron chi connectivity index (χ4n) is 1.76. The highest BCUT2D eigenvalue weighted by Gasteiger charge is 2.16. The zero-order chi connectivity index (χ0) is 15.2. The predicted octanol–water partition coefficient (Wildman–Crippen LogP) is 1.76. The number of carbonyl (C=O) groups is 2. The molecule has 112 valence electrons. The molecule has 8 heteroatoms. The van der Waals surface area contributed by atoms with Gasteiger partial charge in [-0.2, -0.15) is 0 Å². The molecule has 0 radical (unpaired) electrons. The van der Waals surface area contributed by atoms with Gasteiger partial charge in [-0.25, -0.2) is 4.98 Å². The first kappa shape index (κ1) is 15.3. The van der Waals surface area contributed by atoms with Crippen LogP contribution in [0.4, 0.5) is 0 Å². The van der Waals surface area contributed by atoms with Gasteiger partial charge in [-0.3, -0.25) is 9.59 Å². The van der Waals surface area contributed by atoms with Crippen LogP contribution in [0.2, 0.25) is 0 Å². The summed E-state index contributed by atoms with van der Waals surface area (Å²) >= 11 is 3.11. The second-order valence-electron chi connectivity index (χ2n) is 4.29. The summed E-state index contributed by atoms with van der Waals surface area (Å²) in [7, 11) is 0. The highest BCUT2D eigenvalue weighted by Crippen LogP contribution is 2.13. The van der Waals surface area contributed by atoms with Crippen LogP contribution in [0.25, 0.3) is 0 Å². The first-order chi connectivity index (χ1) is 10.1. The predicted molar refractivity (Wildman–Crippen MR) is 78.5 cm³/mol. The van der Waals surface area contributed by atoms with Crippen molar-refractivity contribution in [1.29, 1.82) is 0 Å². The van der Waals surface area contributed by atoms with Gasteiger partial charge in [0.2, 0.25) is 5.91 Å². The number of rotatable bonds is 6. The molecular weight excluding hydrogens is 340 g/mol. The number of hydrogen-bond donors (Lipinski definition) is 3. The number of amides is 2. The monoisotopic (exact) mass is 354 g/mol. The molecule has 0 aliphatic carbocycles. The number of aromatic nitrogens is 2. The number of imidazole rings is 1. The summed E-state index contributed by atoms with van der Waals surface area (Å²) in [6.07, 6.45) is 4.01. The van der Waals surface area contributed by atoms with Crippen LogP contribution >= 0.6 is 15.9 Å². The summed E-state index contributed by atoms with van der Waals surface area (Å²) in [5.41, 5.74) is 0. The van der Waals surface area contributed by atoms with Crippen molar-refractivity contribution in [3.63, 3.8) is 0 Å². The van der Waals surface area contributed by atoms with Gasteiger partial charge in [-0.1, -0.05) is 6.92 Å². The highest BCUT2D eigenvalue weighted by molar-refractivity contribution is 9.10. The Balaban J connectivity index is 1.83. The molecule has 2 aromatic rings. The Kier molecular flexibility index (Phi) is 5.15. The summed E-state index contributed by atoms with van der Waals surface area (Å²) in [6.45, 7) is 1.81. The van der Waals surface area contributed by atoms with Gasteiger partial charge in [0.15, 0.2) is 10.4 Å². The second kappa shape index (κ2) is 7.07. The zero-order valence-electron chi connectivity index (χ0n) is 11.4.